The van der Waals surface area contributed by atoms with Crippen LogP contribution in [0.5, 0.6) is 5.75 Å². The third-order valence-electron chi connectivity index (χ3n) is 3.61. The van der Waals surface area contributed by atoms with Gasteiger partial charge in [-0.3, -0.25) is 4.79 Å². The Morgan fingerprint density at radius 3 is 2.25 bits per heavy atom. The molecule has 0 spiro atoms. The summed E-state index contributed by atoms with van der Waals surface area (Å²) < 4.78 is 5.23. The van der Waals surface area contributed by atoms with Gasteiger partial charge < -0.3 is 9.84 Å². The fourth-order valence-corrected chi connectivity index (χ4v) is 2.08. The van der Waals surface area contributed by atoms with Crippen molar-refractivity contribution in [3.8, 4) is 5.75 Å². The molecule has 0 aliphatic heterocycles. The highest BCUT2D eigenvalue weighted by atomic mass is 16.5. The second-order valence-electron chi connectivity index (χ2n) is 5.42. The maximum Gasteiger partial charge on any atom is 0.344 e. The van der Waals surface area contributed by atoms with Crippen LogP contribution < -0.4 is 4.74 Å². The van der Waals surface area contributed by atoms with E-state index in [-0.39, 0.29) is 5.78 Å². The van der Waals surface area contributed by atoms with Gasteiger partial charge in [0.1, 0.15) is 5.75 Å². The molecule has 1 atom stereocenters. The molecular weight excluding hydrogens is 304 g/mol. The molecule has 24 heavy (non-hydrogen) atoms. The number of rotatable bonds is 7. The van der Waals surface area contributed by atoms with Gasteiger partial charge in [0.15, 0.2) is 11.9 Å². The van der Waals surface area contributed by atoms with Crippen LogP contribution >= 0.6 is 0 Å². The van der Waals surface area contributed by atoms with Crippen molar-refractivity contribution in [2.24, 2.45) is 0 Å². The molecule has 0 unspecified atom stereocenters. The average Bonchev–Trinajstić information content (AvgIpc) is 2.60. The van der Waals surface area contributed by atoms with Gasteiger partial charge in [-0.25, -0.2) is 4.79 Å². The van der Waals surface area contributed by atoms with Crippen LogP contribution in [0.4, 0.5) is 0 Å². The van der Waals surface area contributed by atoms with Crippen LogP contribution in [-0.4, -0.2) is 23.0 Å². The second kappa shape index (κ2) is 8.11. The van der Waals surface area contributed by atoms with E-state index in [1.54, 1.807) is 30.3 Å². The number of aliphatic carboxylic acids is 1. The van der Waals surface area contributed by atoms with E-state index in [0.29, 0.717) is 11.3 Å². The number of carbonyl (C=O) groups is 2. The normalized spacial score (nSPS) is 12.1. The van der Waals surface area contributed by atoms with Crippen molar-refractivity contribution in [1.29, 1.82) is 0 Å². The van der Waals surface area contributed by atoms with E-state index in [4.69, 9.17) is 9.84 Å². The molecule has 2 rings (SSSR count). The molecule has 0 saturated carbocycles. The average molecular weight is 324 g/mol. The Hall–Kier alpha value is -2.88. The lowest BCUT2D eigenvalue weighted by atomic mass is 10.1. The lowest BCUT2D eigenvalue weighted by Gasteiger charge is -2.10. The number of aryl methyl sites for hydroxylation is 1. The van der Waals surface area contributed by atoms with Crippen molar-refractivity contribution in [3.63, 3.8) is 0 Å². The lowest BCUT2D eigenvalue weighted by Crippen LogP contribution is -2.22. The SMILES string of the molecule is CCc1ccc(/C=C\C(=O)c2ccc(O[C@@H](C)C(=O)O)cc2)cc1. The molecule has 0 aliphatic rings. The van der Waals surface area contributed by atoms with Crippen LogP contribution in [-0.2, 0) is 11.2 Å². The molecule has 2 aromatic rings. The van der Waals surface area contributed by atoms with Crippen LogP contribution in [0.2, 0.25) is 0 Å². The van der Waals surface area contributed by atoms with Crippen molar-refractivity contribution in [2.75, 3.05) is 0 Å². The lowest BCUT2D eigenvalue weighted by molar-refractivity contribution is -0.144. The maximum absolute atomic E-state index is 12.2. The van der Waals surface area contributed by atoms with Gasteiger partial charge >= 0.3 is 5.97 Å². The molecule has 0 amide bonds. The Kier molecular flexibility index (Phi) is 5.90. The van der Waals surface area contributed by atoms with Crippen molar-refractivity contribution < 1.29 is 19.4 Å². The van der Waals surface area contributed by atoms with E-state index in [9.17, 15) is 9.59 Å². The summed E-state index contributed by atoms with van der Waals surface area (Å²) in [6.45, 7) is 3.55. The highest BCUT2D eigenvalue weighted by Crippen LogP contribution is 2.15. The number of carboxylic acids is 1. The smallest absolute Gasteiger partial charge is 0.344 e. The van der Waals surface area contributed by atoms with Crippen LogP contribution in [0.1, 0.15) is 35.3 Å². The highest BCUT2D eigenvalue weighted by molar-refractivity contribution is 6.06. The summed E-state index contributed by atoms with van der Waals surface area (Å²) >= 11 is 0. The molecular formula is C20H20O4. The zero-order valence-corrected chi connectivity index (χ0v) is 13.7. The zero-order chi connectivity index (χ0) is 17.5. The van der Waals surface area contributed by atoms with Crippen molar-refractivity contribution in [1.82, 2.24) is 0 Å². The summed E-state index contributed by atoms with van der Waals surface area (Å²) in [5, 5.41) is 8.81. The first-order chi connectivity index (χ1) is 11.5. The molecule has 0 radical (unpaired) electrons. The summed E-state index contributed by atoms with van der Waals surface area (Å²) in [5.41, 5.74) is 2.74. The van der Waals surface area contributed by atoms with Crippen LogP contribution in [0.25, 0.3) is 6.08 Å². The Labute approximate surface area is 141 Å². The standard InChI is InChI=1S/C20H20O4/c1-3-15-4-6-16(7-5-15)8-13-19(21)17-9-11-18(12-10-17)24-14(2)20(22)23/h4-14H,3H2,1-2H3,(H,22,23)/b13-8-/t14-/m0/s1. The first-order valence-corrected chi connectivity index (χ1v) is 7.80. The molecule has 1 N–H and O–H groups in total. The molecule has 2 aromatic carbocycles. The van der Waals surface area contributed by atoms with Gasteiger partial charge in [-0.2, -0.15) is 0 Å². The van der Waals surface area contributed by atoms with E-state index in [2.05, 4.69) is 6.92 Å². The van der Waals surface area contributed by atoms with Gasteiger partial charge in [-0.15, -0.1) is 0 Å². The summed E-state index contributed by atoms with van der Waals surface area (Å²) in [7, 11) is 0. The number of hydrogen-bond donors (Lipinski definition) is 1. The van der Waals surface area contributed by atoms with Crippen LogP contribution in [0, 0.1) is 0 Å². The predicted octanol–water partition coefficient (Wildman–Crippen LogP) is 4.00. The topological polar surface area (TPSA) is 63.6 Å². The van der Waals surface area contributed by atoms with Crippen LogP contribution in [0.15, 0.2) is 54.6 Å². The largest absolute Gasteiger partial charge is 0.479 e. The van der Waals surface area contributed by atoms with E-state index >= 15 is 0 Å². The number of benzene rings is 2. The number of ether oxygens (including phenoxy) is 1. The minimum absolute atomic E-state index is 0.118. The molecule has 0 heterocycles. The number of carbonyl (C=O) groups excluding carboxylic acids is 1. The van der Waals surface area contributed by atoms with E-state index in [1.807, 2.05) is 24.3 Å². The van der Waals surface area contributed by atoms with E-state index in [0.717, 1.165) is 12.0 Å². The van der Waals surface area contributed by atoms with Gasteiger partial charge in [0.25, 0.3) is 0 Å². The van der Waals surface area contributed by atoms with Gasteiger partial charge in [0.2, 0.25) is 0 Å². The van der Waals surface area contributed by atoms with E-state index in [1.165, 1.54) is 18.6 Å². The minimum atomic E-state index is -1.04. The Balaban J connectivity index is 2.01. The van der Waals surface area contributed by atoms with Crippen molar-refractivity contribution in [3.05, 3.63) is 71.3 Å². The summed E-state index contributed by atoms with van der Waals surface area (Å²) in [5.74, 6) is -0.736. The fourth-order valence-electron chi connectivity index (χ4n) is 2.08. The molecule has 0 fully saturated rings. The Morgan fingerprint density at radius 2 is 1.71 bits per heavy atom. The molecule has 4 heteroatoms. The van der Waals surface area contributed by atoms with E-state index < -0.39 is 12.1 Å². The third-order valence-corrected chi connectivity index (χ3v) is 3.61. The first-order valence-electron chi connectivity index (χ1n) is 7.80. The maximum atomic E-state index is 12.2. The molecule has 0 aliphatic carbocycles. The second-order valence-corrected chi connectivity index (χ2v) is 5.42. The molecule has 0 aromatic heterocycles. The summed E-state index contributed by atoms with van der Waals surface area (Å²) in [4.78, 5) is 22.9. The predicted molar refractivity (Wildman–Crippen MR) is 93.4 cm³/mol. The number of carboxylic acid groups (broad SMARTS) is 1. The number of allylic oxidation sites excluding steroid dienone is 1. The van der Waals surface area contributed by atoms with Crippen molar-refractivity contribution in [2.45, 2.75) is 26.4 Å². The first kappa shape index (κ1) is 17.5. The van der Waals surface area contributed by atoms with Gasteiger partial charge in [0.05, 0.1) is 0 Å². The zero-order valence-electron chi connectivity index (χ0n) is 13.7. The Bertz CT molecular complexity index is 727. The molecule has 0 bridgehead atoms. The summed E-state index contributed by atoms with van der Waals surface area (Å²) in [6, 6.07) is 14.5. The third kappa shape index (κ3) is 4.81. The molecule has 0 saturated heterocycles. The van der Waals surface area contributed by atoms with Gasteiger partial charge in [-0.05, 0) is 54.8 Å². The van der Waals surface area contributed by atoms with Crippen LogP contribution in [0.3, 0.4) is 0 Å². The van der Waals surface area contributed by atoms with Gasteiger partial charge in [0, 0.05) is 5.56 Å². The minimum Gasteiger partial charge on any atom is -0.479 e. The highest BCUT2D eigenvalue weighted by Gasteiger charge is 2.12. The monoisotopic (exact) mass is 324 g/mol. The fraction of sp³-hybridized carbons (Fsp3) is 0.200. The molecule has 4 nitrogen and oxygen atoms in total. The number of hydrogen-bond acceptors (Lipinski definition) is 3. The summed E-state index contributed by atoms with van der Waals surface area (Å²) in [6.07, 6.45) is 3.35. The molecule has 124 valence electrons. The van der Waals surface area contributed by atoms with Gasteiger partial charge in [-0.1, -0.05) is 37.3 Å². The number of ketones is 1. The Morgan fingerprint density at radius 1 is 1.08 bits per heavy atom. The van der Waals surface area contributed by atoms with Crippen molar-refractivity contribution >= 4 is 17.8 Å². The quantitative estimate of drug-likeness (QED) is 0.618.